The summed E-state index contributed by atoms with van der Waals surface area (Å²) in [6.45, 7) is 8.39. The molecular weight excluding hydrogens is 398 g/mol. The van der Waals surface area contributed by atoms with Gasteiger partial charge in [0.1, 0.15) is 6.54 Å². The summed E-state index contributed by atoms with van der Waals surface area (Å²) in [6.07, 6.45) is 1.87. The number of hydrogen-bond acceptors (Lipinski definition) is 3. The monoisotopic (exact) mass is 428 g/mol. The van der Waals surface area contributed by atoms with Crippen molar-refractivity contribution < 1.29 is 18.1 Å². The number of anilines is 1. The summed E-state index contributed by atoms with van der Waals surface area (Å²) in [5, 5.41) is 0. The van der Waals surface area contributed by atoms with E-state index in [0.717, 1.165) is 38.3 Å². The van der Waals surface area contributed by atoms with E-state index < -0.39 is 10.0 Å². The Labute approximate surface area is 179 Å². The van der Waals surface area contributed by atoms with Crippen molar-refractivity contribution >= 4 is 21.6 Å². The van der Waals surface area contributed by atoms with Gasteiger partial charge in [-0.3, -0.25) is 9.10 Å². The van der Waals surface area contributed by atoms with Gasteiger partial charge in [0.2, 0.25) is 10.0 Å². The summed E-state index contributed by atoms with van der Waals surface area (Å²) >= 11 is 0. The van der Waals surface area contributed by atoms with Crippen molar-refractivity contribution in [3.8, 4) is 0 Å². The van der Waals surface area contributed by atoms with Gasteiger partial charge in [-0.25, -0.2) is 8.42 Å². The maximum Gasteiger partial charge on any atom is 0.254 e. The van der Waals surface area contributed by atoms with Gasteiger partial charge in [0.05, 0.1) is 38.1 Å². The van der Waals surface area contributed by atoms with Gasteiger partial charge in [0.15, 0.2) is 0 Å². The third kappa shape index (κ3) is 4.09. The lowest BCUT2D eigenvalue weighted by Gasteiger charge is -2.32. The molecule has 1 fully saturated rings. The normalized spacial score (nSPS) is 19.8. The first-order valence-corrected chi connectivity index (χ1v) is 12.4. The van der Waals surface area contributed by atoms with Gasteiger partial charge in [-0.2, -0.15) is 0 Å². The molecular formula is C23H30N3O3S+. The fraction of sp³-hybridized carbons (Fsp3) is 0.435. The van der Waals surface area contributed by atoms with E-state index in [9.17, 15) is 13.2 Å². The fourth-order valence-corrected chi connectivity index (χ4v) is 5.97. The number of quaternary nitrogens is 1. The number of carbonyl (C=O) groups is 1. The molecule has 0 aliphatic carbocycles. The SMILES string of the molecule is Cc1ccccc1C[NH+]1CCN(C(=O)c2ccc3c(c2)C[C@H](C)N3S(C)(=O)=O)CC1. The van der Waals surface area contributed by atoms with Crippen molar-refractivity contribution in [2.24, 2.45) is 0 Å². The Hall–Kier alpha value is -2.38. The lowest BCUT2D eigenvalue weighted by Crippen LogP contribution is -3.13. The zero-order valence-corrected chi connectivity index (χ0v) is 18.7. The molecule has 2 aromatic carbocycles. The van der Waals surface area contributed by atoms with Crippen LogP contribution in [0.15, 0.2) is 42.5 Å². The predicted molar refractivity (Wildman–Crippen MR) is 118 cm³/mol. The Kier molecular flexibility index (Phi) is 5.59. The Balaban J connectivity index is 1.42. The molecule has 2 aliphatic heterocycles. The van der Waals surface area contributed by atoms with Gasteiger partial charge in [0.25, 0.3) is 5.91 Å². The minimum atomic E-state index is -3.32. The molecule has 4 rings (SSSR count). The molecule has 0 unspecified atom stereocenters. The number of benzene rings is 2. The van der Waals surface area contributed by atoms with Crippen LogP contribution in [0.3, 0.4) is 0 Å². The van der Waals surface area contributed by atoms with Crippen molar-refractivity contribution in [3.63, 3.8) is 0 Å². The highest BCUT2D eigenvalue weighted by molar-refractivity contribution is 7.92. The number of nitrogens with one attached hydrogen (secondary N) is 1. The van der Waals surface area contributed by atoms with Crippen molar-refractivity contribution in [2.75, 3.05) is 36.7 Å². The first kappa shape index (κ1) is 20.9. The van der Waals surface area contributed by atoms with Crippen LogP contribution in [0.1, 0.15) is 34.0 Å². The van der Waals surface area contributed by atoms with Gasteiger partial charge in [-0.1, -0.05) is 24.3 Å². The third-order valence-corrected chi connectivity index (χ3v) is 7.57. The van der Waals surface area contributed by atoms with E-state index in [-0.39, 0.29) is 11.9 Å². The van der Waals surface area contributed by atoms with E-state index in [4.69, 9.17) is 0 Å². The zero-order valence-electron chi connectivity index (χ0n) is 17.9. The maximum absolute atomic E-state index is 13.1. The number of carbonyl (C=O) groups excluding carboxylic acids is 1. The Bertz CT molecular complexity index is 1060. The summed E-state index contributed by atoms with van der Waals surface area (Å²) in [7, 11) is -3.32. The van der Waals surface area contributed by atoms with Gasteiger partial charge in [-0.15, -0.1) is 0 Å². The smallest absolute Gasteiger partial charge is 0.254 e. The molecule has 7 heteroatoms. The number of fused-ring (bicyclic) bond motifs is 1. The van der Waals surface area contributed by atoms with Crippen LogP contribution in [0.5, 0.6) is 0 Å². The minimum absolute atomic E-state index is 0.0400. The largest absolute Gasteiger partial charge is 0.328 e. The van der Waals surface area contributed by atoms with Crippen LogP contribution in [0, 0.1) is 6.92 Å². The minimum Gasteiger partial charge on any atom is -0.328 e. The maximum atomic E-state index is 13.1. The van der Waals surface area contributed by atoms with Crippen LogP contribution in [-0.4, -0.2) is 57.7 Å². The summed E-state index contributed by atoms with van der Waals surface area (Å²) < 4.78 is 25.7. The van der Waals surface area contributed by atoms with Gasteiger partial charge >= 0.3 is 0 Å². The number of aryl methyl sites for hydroxylation is 1. The van der Waals surface area contributed by atoms with Crippen LogP contribution in [0.2, 0.25) is 0 Å². The van der Waals surface area contributed by atoms with E-state index in [1.165, 1.54) is 26.6 Å². The average Bonchev–Trinajstić information content (AvgIpc) is 3.05. The lowest BCUT2D eigenvalue weighted by molar-refractivity contribution is -0.917. The van der Waals surface area contributed by atoms with Gasteiger partial charge in [-0.05, 0) is 49.6 Å². The number of sulfonamides is 1. The highest BCUT2D eigenvalue weighted by Crippen LogP contribution is 2.34. The first-order valence-electron chi connectivity index (χ1n) is 10.5. The lowest BCUT2D eigenvalue weighted by atomic mass is 10.1. The Morgan fingerprint density at radius 2 is 1.83 bits per heavy atom. The van der Waals surface area contributed by atoms with E-state index >= 15 is 0 Å². The van der Waals surface area contributed by atoms with Crippen LogP contribution in [0.25, 0.3) is 0 Å². The topological polar surface area (TPSA) is 62.1 Å². The van der Waals surface area contributed by atoms with Crippen molar-refractivity contribution in [1.29, 1.82) is 0 Å². The van der Waals surface area contributed by atoms with E-state index in [2.05, 4.69) is 31.2 Å². The summed E-state index contributed by atoms with van der Waals surface area (Å²) in [5.74, 6) is 0.0400. The molecule has 160 valence electrons. The number of hydrogen-bond donors (Lipinski definition) is 1. The van der Waals surface area contributed by atoms with Crippen LogP contribution < -0.4 is 9.21 Å². The standard InChI is InChI=1S/C23H29N3O3S/c1-17-6-4-5-7-20(17)16-24-10-12-25(13-11-24)23(27)19-8-9-22-21(15-19)14-18(2)26(22)30(3,28)29/h4-9,15,18H,10-14,16H2,1-3H3/p+1/t18-/m0/s1. The summed E-state index contributed by atoms with van der Waals surface area (Å²) in [4.78, 5) is 16.5. The molecule has 2 aliphatic rings. The average molecular weight is 429 g/mol. The van der Waals surface area contributed by atoms with Crippen LogP contribution in [0.4, 0.5) is 5.69 Å². The molecule has 2 aromatic rings. The molecule has 1 N–H and O–H groups in total. The first-order chi connectivity index (χ1) is 14.2. The second-order valence-corrected chi connectivity index (χ2v) is 10.5. The fourth-order valence-electron chi connectivity index (χ4n) is 4.70. The number of rotatable bonds is 4. The molecule has 30 heavy (non-hydrogen) atoms. The predicted octanol–water partition coefficient (Wildman–Crippen LogP) is 1.25. The molecule has 0 spiro atoms. The highest BCUT2D eigenvalue weighted by atomic mass is 32.2. The molecule has 1 saturated heterocycles. The van der Waals surface area contributed by atoms with E-state index in [1.807, 2.05) is 17.9 Å². The van der Waals surface area contributed by atoms with E-state index in [1.54, 1.807) is 12.1 Å². The Morgan fingerprint density at radius 3 is 2.50 bits per heavy atom. The second kappa shape index (κ2) is 8.04. The molecule has 6 nitrogen and oxygen atoms in total. The molecule has 0 saturated carbocycles. The van der Waals surface area contributed by atoms with Crippen molar-refractivity contribution in [3.05, 3.63) is 64.7 Å². The van der Waals surface area contributed by atoms with Crippen molar-refractivity contribution in [1.82, 2.24) is 4.90 Å². The molecule has 0 radical (unpaired) electrons. The third-order valence-electron chi connectivity index (χ3n) is 6.30. The summed E-state index contributed by atoms with van der Waals surface area (Å²) in [6, 6.07) is 13.8. The molecule has 2 heterocycles. The Morgan fingerprint density at radius 1 is 1.13 bits per heavy atom. The molecule has 0 aromatic heterocycles. The number of piperazine rings is 1. The summed E-state index contributed by atoms with van der Waals surface area (Å²) in [5.41, 5.74) is 4.98. The molecule has 0 bridgehead atoms. The van der Waals surface area contributed by atoms with E-state index in [0.29, 0.717) is 17.7 Å². The van der Waals surface area contributed by atoms with Crippen molar-refractivity contribution in [2.45, 2.75) is 32.9 Å². The highest BCUT2D eigenvalue weighted by Gasteiger charge is 2.33. The van der Waals surface area contributed by atoms with Gasteiger partial charge in [0, 0.05) is 17.2 Å². The number of amides is 1. The second-order valence-electron chi connectivity index (χ2n) is 8.60. The molecule has 1 amide bonds. The quantitative estimate of drug-likeness (QED) is 0.797. The van der Waals surface area contributed by atoms with Gasteiger partial charge < -0.3 is 9.80 Å². The zero-order chi connectivity index (χ0) is 21.5. The van der Waals surface area contributed by atoms with Crippen LogP contribution in [-0.2, 0) is 23.0 Å². The van der Waals surface area contributed by atoms with Crippen LogP contribution >= 0.6 is 0 Å². The number of nitrogens with zero attached hydrogens (tertiary/aromatic N) is 2. The molecule has 1 atom stereocenters.